The van der Waals surface area contributed by atoms with Crippen LogP contribution in [0.2, 0.25) is 0 Å². The highest BCUT2D eigenvalue weighted by molar-refractivity contribution is 7.99. The van der Waals surface area contributed by atoms with Crippen LogP contribution in [0.4, 0.5) is 10.1 Å². The summed E-state index contributed by atoms with van der Waals surface area (Å²) >= 11 is 1.25. The summed E-state index contributed by atoms with van der Waals surface area (Å²) in [6, 6.07) is 12.1. The molecule has 3 rings (SSSR count). The Morgan fingerprint density at radius 3 is 2.35 bits per heavy atom. The van der Waals surface area contributed by atoms with E-state index in [1.165, 1.54) is 36.0 Å². The maximum Gasteiger partial charge on any atom is 0.251 e. The van der Waals surface area contributed by atoms with Gasteiger partial charge >= 0.3 is 0 Å². The van der Waals surface area contributed by atoms with Crippen molar-refractivity contribution in [1.82, 2.24) is 20.1 Å². The molecule has 0 aliphatic heterocycles. The molecule has 180 valence electrons. The molecule has 1 unspecified atom stereocenters. The number of carbonyl (C=O) groups is 2. The third-order valence-electron chi connectivity index (χ3n) is 5.11. The predicted octanol–water partition coefficient (Wildman–Crippen LogP) is 4.30. The molecular weight excluding hydrogens is 457 g/mol. The van der Waals surface area contributed by atoms with Crippen LogP contribution in [-0.2, 0) is 11.3 Å². The maximum absolute atomic E-state index is 13.0. The van der Waals surface area contributed by atoms with Gasteiger partial charge in [0.25, 0.3) is 5.91 Å². The smallest absolute Gasteiger partial charge is 0.251 e. The zero-order chi connectivity index (χ0) is 24.7. The molecule has 1 atom stereocenters. The van der Waals surface area contributed by atoms with Crippen LogP contribution in [0.25, 0.3) is 0 Å². The lowest BCUT2D eigenvalue weighted by Gasteiger charge is -2.22. The molecule has 1 heterocycles. The Hall–Kier alpha value is -3.40. The molecular formula is C24H28FN5O3S. The molecule has 3 aromatic rings. The van der Waals surface area contributed by atoms with Gasteiger partial charge in [0.05, 0.1) is 18.9 Å². The van der Waals surface area contributed by atoms with Crippen LogP contribution in [0.3, 0.4) is 0 Å². The van der Waals surface area contributed by atoms with Gasteiger partial charge in [-0.25, -0.2) is 4.39 Å². The largest absolute Gasteiger partial charge is 0.497 e. The summed E-state index contributed by atoms with van der Waals surface area (Å²) in [7, 11) is 1.57. The number of hydrogen-bond acceptors (Lipinski definition) is 6. The molecule has 0 radical (unpaired) electrons. The van der Waals surface area contributed by atoms with Crippen LogP contribution < -0.4 is 15.4 Å². The molecule has 0 spiro atoms. The predicted molar refractivity (Wildman–Crippen MR) is 129 cm³/mol. The van der Waals surface area contributed by atoms with E-state index in [1.807, 2.05) is 25.3 Å². The standard InChI is InChI=1S/C24H28FN5O3S/c1-5-30-22(21(15(2)3)27-23(32)16-6-12-19(33-4)13-7-16)28-29-24(30)34-14-20(31)26-18-10-8-17(25)9-11-18/h6-13,15,21H,5,14H2,1-4H3,(H,26,31)(H,27,32). The lowest BCUT2D eigenvalue weighted by molar-refractivity contribution is -0.113. The van der Waals surface area contributed by atoms with Crippen molar-refractivity contribution in [2.24, 2.45) is 5.92 Å². The second-order valence-corrected chi connectivity index (χ2v) is 8.79. The number of nitrogens with one attached hydrogen (secondary N) is 2. The van der Waals surface area contributed by atoms with E-state index in [1.54, 1.807) is 31.4 Å². The van der Waals surface area contributed by atoms with Crippen LogP contribution >= 0.6 is 11.8 Å². The van der Waals surface area contributed by atoms with E-state index in [4.69, 9.17) is 4.74 Å². The summed E-state index contributed by atoms with van der Waals surface area (Å²) in [5.74, 6) is 0.636. The van der Waals surface area contributed by atoms with E-state index in [0.29, 0.717) is 34.5 Å². The molecule has 0 aliphatic carbocycles. The number of thioether (sulfide) groups is 1. The summed E-state index contributed by atoms with van der Waals surface area (Å²) in [5.41, 5.74) is 1.03. The molecule has 0 saturated heterocycles. The van der Waals surface area contributed by atoms with Gasteiger partial charge in [-0.05, 0) is 61.4 Å². The second kappa shape index (κ2) is 11.6. The first-order valence-electron chi connectivity index (χ1n) is 10.9. The lowest BCUT2D eigenvalue weighted by atomic mass is 10.0. The van der Waals surface area contributed by atoms with Crippen molar-refractivity contribution >= 4 is 29.3 Å². The van der Waals surface area contributed by atoms with E-state index in [2.05, 4.69) is 20.8 Å². The summed E-state index contributed by atoms with van der Waals surface area (Å²) < 4.78 is 20.1. The lowest BCUT2D eigenvalue weighted by Crippen LogP contribution is -2.33. The van der Waals surface area contributed by atoms with Gasteiger partial charge in [-0.15, -0.1) is 10.2 Å². The molecule has 10 heteroatoms. The summed E-state index contributed by atoms with van der Waals surface area (Å²) in [4.78, 5) is 25.2. The average Bonchev–Trinajstić information content (AvgIpc) is 3.24. The molecule has 1 aromatic heterocycles. The molecule has 0 saturated carbocycles. The van der Waals surface area contributed by atoms with Gasteiger partial charge in [-0.2, -0.15) is 0 Å². The first-order chi connectivity index (χ1) is 16.3. The van der Waals surface area contributed by atoms with Gasteiger partial charge in [0.2, 0.25) is 5.91 Å². The van der Waals surface area contributed by atoms with Crippen molar-refractivity contribution in [3.8, 4) is 5.75 Å². The van der Waals surface area contributed by atoms with Gasteiger partial charge in [-0.3, -0.25) is 9.59 Å². The normalized spacial score (nSPS) is 11.8. The number of carbonyl (C=O) groups excluding carboxylic acids is 2. The number of halogens is 1. The first kappa shape index (κ1) is 25.2. The average molecular weight is 486 g/mol. The Morgan fingerprint density at radius 1 is 1.09 bits per heavy atom. The van der Waals surface area contributed by atoms with Gasteiger partial charge in [0.15, 0.2) is 11.0 Å². The minimum Gasteiger partial charge on any atom is -0.497 e. The molecule has 2 amide bonds. The summed E-state index contributed by atoms with van der Waals surface area (Å²) in [6.45, 7) is 6.53. The van der Waals surface area contributed by atoms with Crippen LogP contribution in [0, 0.1) is 11.7 Å². The Balaban J connectivity index is 1.69. The molecule has 0 fully saturated rings. The van der Waals surface area contributed by atoms with E-state index in [0.717, 1.165) is 0 Å². The number of rotatable bonds is 10. The SMILES string of the molecule is CCn1c(SCC(=O)Nc2ccc(F)cc2)nnc1C(NC(=O)c1ccc(OC)cc1)C(C)C. The van der Waals surface area contributed by atoms with Crippen molar-refractivity contribution in [3.63, 3.8) is 0 Å². The Bertz CT molecular complexity index is 1120. The van der Waals surface area contributed by atoms with Crippen molar-refractivity contribution in [2.75, 3.05) is 18.2 Å². The fourth-order valence-electron chi connectivity index (χ4n) is 3.29. The summed E-state index contributed by atoms with van der Waals surface area (Å²) in [6.07, 6.45) is 0. The summed E-state index contributed by atoms with van der Waals surface area (Å²) in [5, 5.41) is 15.0. The zero-order valence-electron chi connectivity index (χ0n) is 19.5. The second-order valence-electron chi connectivity index (χ2n) is 7.85. The number of nitrogens with zero attached hydrogens (tertiary/aromatic N) is 3. The number of hydrogen-bond donors (Lipinski definition) is 2. The van der Waals surface area contributed by atoms with Crippen LogP contribution in [0.15, 0.2) is 53.7 Å². The first-order valence-corrected chi connectivity index (χ1v) is 11.9. The van der Waals surface area contributed by atoms with E-state index in [-0.39, 0.29) is 35.3 Å². The number of aromatic nitrogens is 3. The molecule has 34 heavy (non-hydrogen) atoms. The van der Waals surface area contributed by atoms with E-state index in [9.17, 15) is 14.0 Å². The monoisotopic (exact) mass is 485 g/mol. The fourth-order valence-corrected chi connectivity index (χ4v) is 4.10. The van der Waals surface area contributed by atoms with Crippen molar-refractivity contribution < 1.29 is 18.7 Å². The topological polar surface area (TPSA) is 98.1 Å². The van der Waals surface area contributed by atoms with Gasteiger partial charge < -0.3 is 19.9 Å². The van der Waals surface area contributed by atoms with Crippen LogP contribution in [0.1, 0.15) is 43.0 Å². The van der Waals surface area contributed by atoms with Crippen LogP contribution in [0.5, 0.6) is 5.75 Å². The minimum absolute atomic E-state index is 0.0522. The molecule has 0 bridgehead atoms. The molecule has 8 nitrogen and oxygen atoms in total. The number of anilines is 1. The van der Waals surface area contributed by atoms with Gasteiger partial charge in [0, 0.05) is 17.8 Å². The van der Waals surface area contributed by atoms with Gasteiger partial charge in [0.1, 0.15) is 11.6 Å². The Kier molecular flexibility index (Phi) is 8.64. The quantitative estimate of drug-likeness (QED) is 0.416. The third kappa shape index (κ3) is 6.34. The molecule has 0 aliphatic rings. The van der Waals surface area contributed by atoms with Crippen LogP contribution in [-0.4, -0.2) is 39.4 Å². The third-order valence-corrected chi connectivity index (χ3v) is 6.07. The Labute approximate surface area is 202 Å². The highest BCUT2D eigenvalue weighted by Gasteiger charge is 2.26. The highest BCUT2D eigenvalue weighted by Crippen LogP contribution is 2.26. The number of amides is 2. The number of methoxy groups -OCH3 is 1. The van der Waals surface area contributed by atoms with E-state index >= 15 is 0 Å². The van der Waals surface area contributed by atoms with Crippen molar-refractivity contribution in [2.45, 2.75) is 38.5 Å². The Morgan fingerprint density at radius 2 is 1.76 bits per heavy atom. The van der Waals surface area contributed by atoms with E-state index < -0.39 is 0 Å². The fraction of sp³-hybridized carbons (Fsp3) is 0.333. The highest BCUT2D eigenvalue weighted by atomic mass is 32.2. The zero-order valence-corrected chi connectivity index (χ0v) is 20.4. The van der Waals surface area contributed by atoms with Crippen molar-refractivity contribution in [1.29, 1.82) is 0 Å². The van der Waals surface area contributed by atoms with Gasteiger partial charge in [-0.1, -0.05) is 25.6 Å². The number of benzene rings is 2. The maximum atomic E-state index is 13.0. The minimum atomic E-state index is -0.371. The number of ether oxygens (including phenoxy) is 1. The molecule has 2 aromatic carbocycles. The van der Waals surface area contributed by atoms with Crippen molar-refractivity contribution in [3.05, 3.63) is 65.7 Å². The molecule has 2 N–H and O–H groups in total.